The summed E-state index contributed by atoms with van der Waals surface area (Å²) in [6.45, 7) is 2.07. The average molecular weight is 245 g/mol. The minimum atomic E-state index is 0.389. The molecule has 96 valence electrons. The summed E-state index contributed by atoms with van der Waals surface area (Å²) in [5, 5.41) is 0. The molecular formula is C14H19N3O. The predicted molar refractivity (Wildman–Crippen MR) is 72.6 cm³/mol. The number of hydrogen-bond donors (Lipinski definition) is 1. The monoisotopic (exact) mass is 245 g/mol. The number of imidazole rings is 1. The van der Waals surface area contributed by atoms with Crippen LogP contribution in [-0.2, 0) is 4.74 Å². The maximum absolute atomic E-state index is 5.81. The number of rotatable bonds is 2. The van der Waals surface area contributed by atoms with E-state index in [1.165, 1.54) is 5.52 Å². The van der Waals surface area contributed by atoms with E-state index in [2.05, 4.69) is 22.5 Å². The second-order valence-corrected chi connectivity index (χ2v) is 5.10. The van der Waals surface area contributed by atoms with Gasteiger partial charge in [-0.1, -0.05) is 0 Å². The highest BCUT2D eigenvalue weighted by Gasteiger charge is 2.27. The third kappa shape index (κ3) is 1.77. The summed E-state index contributed by atoms with van der Waals surface area (Å²) in [7, 11) is 1.80. The molecule has 2 unspecified atom stereocenters. The minimum Gasteiger partial charge on any atom is -0.399 e. The summed E-state index contributed by atoms with van der Waals surface area (Å²) >= 11 is 0. The van der Waals surface area contributed by atoms with E-state index in [1.807, 2.05) is 12.1 Å². The molecular weight excluding hydrogens is 226 g/mol. The molecule has 2 atom stereocenters. The fourth-order valence-electron chi connectivity index (χ4n) is 3.06. The van der Waals surface area contributed by atoms with Gasteiger partial charge in [0.15, 0.2) is 0 Å². The number of fused-ring (bicyclic) bond motifs is 1. The van der Waals surface area contributed by atoms with Crippen molar-refractivity contribution in [3.63, 3.8) is 0 Å². The molecule has 0 spiro atoms. The van der Waals surface area contributed by atoms with Gasteiger partial charge in [-0.15, -0.1) is 0 Å². The summed E-state index contributed by atoms with van der Waals surface area (Å²) in [6.07, 6.45) is 3.76. The number of aryl methyl sites for hydroxylation is 1. The molecule has 0 saturated heterocycles. The number of nitrogens with zero attached hydrogens (tertiary/aromatic N) is 2. The van der Waals surface area contributed by atoms with Crippen molar-refractivity contribution < 1.29 is 4.74 Å². The van der Waals surface area contributed by atoms with Gasteiger partial charge >= 0.3 is 0 Å². The Morgan fingerprint density at radius 2 is 2.22 bits per heavy atom. The largest absolute Gasteiger partial charge is 0.399 e. The van der Waals surface area contributed by atoms with Crippen LogP contribution in [-0.4, -0.2) is 22.8 Å². The normalized spacial score (nSPS) is 23.9. The van der Waals surface area contributed by atoms with Gasteiger partial charge in [-0.3, -0.25) is 0 Å². The van der Waals surface area contributed by atoms with Crippen LogP contribution in [0.3, 0.4) is 0 Å². The third-order valence-corrected chi connectivity index (χ3v) is 3.95. The summed E-state index contributed by atoms with van der Waals surface area (Å²) < 4.78 is 7.80. The number of benzene rings is 1. The van der Waals surface area contributed by atoms with Crippen LogP contribution in [0, 0.1) is 6.92 Å². The summed E-state index contributed by atoms with van der Waals surface area (Å²) in [6, 6.07) is 6.47. The highest BCUT2D eigenvalue weighted by atomic mass is 16.5. The van der Waals surface area contributed by atoms with Crippen LogP contribution in [0.25, 0.3) is 11.0 Å². The zero-order valence-electron chi connectivity index (χ0n) is 10.9. The molecule has 4 nitrogen and oxygen atoms in total. The third-order valence-electron chi connectivity index (χ3n) is 3.95. The molecule has 3 rings (SSSR count). The quantitative estimate of drug-likeness (QED) is 0.828. The molecule has 1 aliphatic carbocycles. The smallest absolute Gasteiger partial charge is 0.106 e. The Bertz CT molecular complexity index is 576. The maximum Gasteiger partial charge on any atom is 0.106 e. The number of anilines is 1. The van der Waals surface area contributed by atoms with Gasteiger partial charge in [0, 0.05) is 18.8 Å². The molecule has 0 radical (unpaired) electrons. The van der Waals surface area contributed by atoms with E-state index in [0.29, 0.717) is 12.1 Å². The standard InChI is InChI=1S/C14H19N3O/c1-9-16-13-7-10(15)3-6-14(13)17(9)11-4-5-12(8-11)18-2/h3,6-7,11-12H,4-5,8,15H2,1-2H3. The number of methoxy groups -OCH3 is 1. The molecule has 1 saturated carbocycles. The molecule has 0 bridgehead atoms. The van der Waals surface area contributed by atoms with Gasteiger partial charge in [0.2, 0.25) is 0 Å². The van der Waals surface area contributed by atoms with E-state index < -0.39 is 0 Å². The summed E-state index contributed by atoms with van der Waals surface area (Å²) in [4.78, 5) is 4.61. The average Bonchev–Trinajstić information content (AvgIpc) is 2.91. The van der Waals surface area contributed by atoms with E-state index in [9.17, 15) is 0 Å². The molecule has 18 heavy (non-hydrogen) atoms. The van der Waals surface area contributed by atoms with E-state index in [4.69, 9.17) is 10.5 Å². The van der Waals surface area contributed by atoms with Gasteiger partial charge in [-0.2, -0.15) is 0 Å². The molecule has 4 heteroatoms. The van der Waals surface area contributed by atoms with E-state index in [0.717, 1.165) is 36.3 Å². The first kappa shape index (κ1) is 11.5. The summed E-state index contributed by atoms with van der Waals surface area (Å²) in [5.41, 5.74) is 8.76. The Kier molecular flexibility index (Phi) is 2.74. The zero-order chi connectivity index (χ0) is 12.7. The van der Waals surface area contributed by atoms with Crippen molar-refractivity contribution in [2.75, 3.05) is 12.8 Å². The van der Waals surface area contributed by atoms with Crippen molar-refractivity contribution in [1.82, 2.24) is 9.55 Å². The lowest BCUT2D eigenvalue weighted by atomic mass is 10.2. The molecule has 2 aromatic rings. The van der Waals surface area contributed by atoms with Gasteiger partial charge < -0.3 is 15.0 Å². The van der Waals surface area contributed by atoms with Crippen LogP contribution in [0.1, 0.15) is 31.1 Å². The molecule has 1 fully saturated rings. The maximum atomic E-state index is 5.81. The fourth-order valence-corrected chi connectivity index (χ4v) is 3.06. The van der Waals surface area contributed by atoms with E-state index in [1.54, 1.807) is 7.11 Å². The summed E-state index contributed by atoms with van der Waals surface area (Å²) in [5.74, 6) is 1.07. The van der Waals surface area contributed by atoms with E-state index in [-0.39, 0.29) is 0 Å². The minimum absolute atomic E-state index is 0.389. The molecule has 1 aromatic carbocycles. The van der Waals surface area contributed by atoms with Crippen LogP contribution in [0.15, 0.2) is 18.2 Å². The molecule has 0 amide bonds. The number of aromatic nitrogens is 2. The van der Waals surface area contributed by atoms with Gasteiger partial charge in [-0.05, 0) is 44.4 Å². The lowest BCUT2D eigenvalue weighted by molar-refractivity contribution is 0.106. The first-order chi connectivity index (χ1) is 8.69. The van der Waals surface area contributed by atoms with Crippen molar-refractivity contribution in [3.8, 4) is 0 Å². The second kappa shape index (κ2) is 4.28. The molecule has 1 heterocycles. The first-order valence-corrected chi connectivity index (χ1v) is 6.46. The van der Waals surface area contributed by atoms with Gasteiger partial charge in [0.25, 0.3) is 0 Å². The zero-order valence-corrected chi connectivity index (χ0v) is 10.9. The Hall–Kier alpha value is -1.55. The predicted octanol–water partition coefficient (Wildman–Crippen LogP) is 2.67. The van der Waals surface area contributed by atoms with Crippen molar-refractivity contribution in [2.24, 2.45) is 0 Å². The second-order valence-electron chi connectivity index (χ2n) is 5.10. The van der Waals surface area contributed by atoms with Crippen LogP contribution in [0.4, 0.5) is 5.69 Å². The Morgan fingerprint density at radius 3 is 2.94 bits per heavy atom. The fraction of sp³-hybridized carbons (Fsp3) is 0.500. The van der Waals surface area contributed by atoms with Crippen molar-refractivity contribution in [1.29, 1.82) is 0 Å². The van der Waals surface area contributed by atoms with Gasteiger partial charge in [-0.25, -0.2) is 4.98 Å². The van der Waals surface area contributed by atoms with Crippen LogP contribution in [0.5, 0.6) is 0 Å². The van der Waals surface area contributed by atoms with Gasteiger partial charge in [0.1, 0.15) is 5.82 Å². The molecule has 1 aromatic heterocycles. The van der Waals surface area contributed by atoms with Crippen LogP contribution >= 0.6 is 0 Å². The Balaban J connectivity index is 2.04. The Morgan fingerprint density at radius 1 is 1.39 bits per heavy atom. The highest BCUT2D eigenvalue weighted by molar-refractivity contribution is 5.79. The van der Waals surface area contributed by atoms with Crippen LogP contribution < -0.4 is 5.73 Å². The SMILES string of the molecule is COC1CCC(n2c(C)nc3cc(N)ccc32)C1. The van der Waals surface area contributed by atoms with Crippen molar-refractivity contribution in [2.45, 2.75) is 38.3 Å². The van der Waals surface area contributed by atoms with Crippen molar-refractivity contribution >= 4 is 16.7 Å². The number of hydrogen-bond acceptors (Lipinski definition) is 3. The topological polar surface area (TPSA) is 53.1 Å². The lowest BCUT2D eigenvalue weighted by Gasteiger charge is -2.15. The molecule has 1 aliphatic rings. The first-order valence-electron chi connectivity index (χ1n) is 6.46. The van der Waals surface area contributed by atoms with Crippen molar-refractivity contribution in [3.05, 3.63) is 24.0 Å². The van der Waals surface area contributed by atoms with Gasteiger partial charge in [0.05, 0.1) is 17.1 Å². The molecule has 0 aliphatic heterocycles. The molecule has 2 N–H and O–H groups in total. The van der Waals surface area contributed by atoms with E-state index >= 15 is 0 Å². The number of nitrogens with two attached hydrogens (primary N) is 1. The van der Waals surface area contributed by atoms with Crippen LogP contribution in [0.2, 0.25) is 0 Å². The highest BCUT2D eigenvalue weighted by Crippen LogP contribution is 2.35. The Labute approximate surface area is 107 Å². The number of ether oxygens (including phenoxy) is 1. The lowest BCUT2D eigenvalue weighted by Crippen LogP contribution is -2.10. The number of nitrogen functional groups attached to an aromatic ring is 1.